The molecule has 2 aromatic rings. The number of benzene rings is 1. The standard InChI is InChI=1S/C14H18N6S/c1-4-19-13(16-17-18-19)11-8-15-20(14(11)21)12-9(2)6-5-7-10(12)3/h5-8,15,17-18H,4H2,1-3H3. The molecule has 6 nitrogen and oxygen atoms in total. The Bertz CT molecular complexity index is 737. The summed E-state index contributed by atoms with van der Waals surface area (Å²) in [4.78, 5) is 0. The number of rotatable bonds is 3. The van der Waals surface area contributed by atoms with Gasteiger partial charge in [-0.2, -0.15) is 0 Å². The van der Waals surface area contributed by atoms with Gasteiger partial charge in [-0.25, -0.2) is 10.2 Å². The highest BCUT2D eigenvalue weighted by Gasteiger charge is 2.21. The van der Waals surface area contributed by atoms with Crippen LogP contribution in [0.25, 0.3) is 5.69 Å². The van der Waals surface area contributed by atoms with Crippen LogP contribution >= 0.6 is 12.2 Å². The van der Waals surface area contributed by atoms with Gasteiger partial charge in [0.2, 0.25) is 0 Å². The molecule has 21 heavy (non-hydrogen) atoms. The van der Waals surface area contributed by atoms with Crippen LogP contribution in [-0.4, -0.2) is 27.2 Å². The Labute approximate surface area is 128 Å². The molecule has 1 aromatic heterocycles. The van der Waals surface area contributed by atoms with Crippen molar-refractivity contribution in [2.24, 2.45) is 5.10 Å². The van der Waals surface area contributed by atoms with E-state index in [-0.39, 0.29) is 0 Å². The molecule has 0 unspecified atom stereocenters. The van der Waals surface area contributed by atoms with Gasteiger partial charge in [-0.05, 0) is 31.9 Å². The zero-order chi connectivity index (χ0) is 15.0. The van der Waals surface area contributed by atoms with Gasteiger partial charge < -0.3 is 0 Å². The lowest BCUT2D eigenvalue weighted by molar-refractivity contribution is 0.308. The van der Waals surface area contributed by atoms with Crippen molar-refractivity contribution >= 4 is 18.1 Å². The molecule has 3 rings (SSSR count). The average Bonchev–Trinajstić information content (AvgIpc) is 3.06. The molecule has 0 bridgehead atoms. The van der Waals surface area contributed by atoms with E-state index in [1.807, 2.05) is 22.8 Å². The second kappa shape index (κ2) is 5.34. The molecule has 1 aromatic carbocycles. The van der Waals surface area contributed by atoms with Crippen LogP contribution in [0.4, 0.5) is 0 Å². The summed E-state index contributed by atoms with van der Waals surface area (Å²) < 4.78 is 2.65. The van der Waals surface area contributed by atoms with Crippen LogP contribution in [0.15, 0.2) is 29.5 Å². The Morgan fingerprint density at radius 3 is 2.62 bits per heavy atom. The minimum absolute atomic E-state index is 0.718. The zero-order valence-electron chi connectivity index (χ0n) is 12.3. The van der Waals surface area contributed by atoms with Crippen LogP contribution < -0.4 is 11.1 Å². The summed E-state index contributed by atoms with van der Waals surface area (Å²) in [7, 11) is 0. The number of hydrogen-bond donors (Lipinski definition) is 3. The molecule has 7 heteroatoms. The lowest BCUT2D eigenvalue weighted by Gasteiger charge is -2.15. The van der Waals surface area contributed by atoms with E-state index in [1.54, 1.807) is 0 Å². The van der Waals surface area contributed by atoms with Gasteiger partial charge in [0, 0.05) is 12.7 Å². The summed E-state index contributed by atoms with van der Waals surface area (Å²) in [6, 6.07) is 6.22. The van der Waals surface area contributed by atoms with E-state index >= 15 is 0 Å². The van der Waals surface area contributed by atoms with E-state index < -0.39 is 0 Å². The SMILES string of the molecule is CCN1NNN=C1c1c[nH]n(-c2c(C)cccc2C)c1=S. The highest BCUT2D eigenvalue weighted by atomic mass is 32.1. The second-order valence-electron chi connectivity index (χ2n) is 4.97. The molecule has 2 heterocycles. The highest BCUT2D eigenvalue weighted by Crippen LogP contribution is 2.20. The largest absolute Gasteiger partial charge is 0.299 e. The predicted molar refractivity (Wildman–Crippen MR) is 85.6 cm³/mol. The molecule has 110 valence electrons. The van der Waals surface area contributed by atoms with Crippen molar-refractivity contribution in [1.82, 2.24) is 25.9 Å². The van der Waals surface area contributed by atoms with Crippen molar-refractivity contribution < 1.29 is 0 Å². The number of amidine groups is 1. The summed E-state index contributed by atoms with van der Waals surface area (Å²) in [6.07, 6.45) is 1.89. The normalized spacial score (nSPS) is 14.2. The van der Waals surface area contributed by atoms with E-state index in [0.717, 1.165) is 28.3 Å². The minimum Gasteiger partial charge on any atom is -0.299 e. The fourth-order valence-corrected chi connectivity index (χ4v) is 2.83. The van der Waals surface area contributed by atoms with Crippen LogP contribution in [0.2, 0.25) is 0 Å². The number of aromatic nitrogens is 2. The maximum Gasteiger partial charge on any atom is 0.177 e. The first-order valence-electron chi connectivity index (χ1n) is 6.86. The molecule has 0 fully saturated rings. The summed E-state index contributed by atoms with van der Waals surface area (Å²) in [6.45, 7) is 7.00. The number of aromatic amines is 1. The van der Waals surface area contributed by atoms with Crippen molar-refractivity contribution in [3.8, 4) is 5.69 Å². The smallest absolute Gasteiger partial charge is 0.177 e. The van der Waals surface area contributed by atoms with Crippen molar-refractivity contribution in [2.75, 3.05) is 6.54 Å². The first-order chi connectivity index (χ1) is 10.1. The van der Waals surface area contributed by atoms with E-state index in [1.165, 1.54) is 11.1 Å². The number of H-pyrrole nitrogens is 1. The van der Waals surface area contributed by atoms with Gasteiger partial charge in [0.15, 0.2) is 5.84 Å². The molecular formula is C14H18N6S. The molecule has 0 saturated carbocycles. The monoisotopic (exact) mass is 302 g/mol. The zero-order valence-corrected chi connectivity index (χ0v) is 13.1. The van der Waals surface area contributed by atoms with Gasteiger partial charge in [-0.3, -0.25) is 10.1 Å². The molecule has 0 aliphatic carbocycles. The van der Waals surface area contributed by atoms with Gasteiger partial charge in [-0.15, -0.1) is 10.6 Å². The fourth-order valence-electron chi connectivity index (χ4n) is 2.54. The van der Waals surface area contributed by atoms with Crippen LogP contribution in [0.5, 0.6) is 0 Å². The van der Waals surface area contributed by atoms with Gasteiger partial charge >= 0.3 is 0 Å². The first-order valence-corrected chi connectivity index (χ1v) is 7.27. The molecule has 1 aliphatic heterocycles. The topological polar surface area (TPSA) is 60.4 Å². The number of hydrogen-bond acceptors (Lipinski definition) is 5. The van der Waals surface area contributed by atoms with Crippen molar-refractivity contribution in [2.45, 2.75) is 20.8 Å². The molecule has 3 N–H and O–H groups in total. The van der Waals surface area contributed by atoms with Crippen LogP contribution in [-0.2, 0) is 0 Å². The molecule has 0 spiro atoms. The third-order valence-corrected chi connectivity index (χ3v) is 4.00. The Morgan fingerprint density at radius 2 is 1.95 bits per heavy atom. The van der Waals surface area contributed by atoms with Crippen molar-refractivity contribution in [3.63, 3.8) is 0 Å². The summed E-state index contributed by atoms with van der Waals surface area (Å²) >= 11 is 5.63. The van der Waals surface area contributed by atoms with E-state index in [0.29, 0.717) is 0 Å². The average molecular weight is 302 g/mol. The second-order valence-corrected chi connectivity index (χ2v) is 5.36. The molecular weight excluding hydrogens is 284 g/mol. The van der Waals surface area contributed by atoms with Gasteiger partial charge in [0.1, 0.15) is 4.64 Å². The molecule has 0 saturated heterocycles. The van der Waals surface area contributed by atoms with Gasteiger partial charge in [0.25, 0.3) is 0 Å². The number of aryl methyl sites for hydroxylation is 2. The Kier molecular flexibility index (Phi) is 3.52. The quantitative estimate of drug-likeness (QED) is 0.761. The van der Waals surface area contributed by atoms with Crippen molar-refractivity contribution in [3.05, 3.63) is 45.7 Å². The van der Waals surface area contributed by atoms with Crippen LogP contribution in [0.3, 0.4) is 0 Å². The minimum atomic E-state index is 0.718. The number of para-hydroxylation sites is 1. The Morgan fingerprint density at radius 1 is 1.24 bits per heavy atom. The maximum atomic E-state index is 5.63. The predicted octanol–water partition coefficient (Wildman–Crippen LogP) is 2.16. The third-order valence-electron chi connectivity index (χ3n) is 3.59. The molecule has 0 radical (unpaired) electrons. The van der Waals surface area contributed by atoms with E-state index in [2.05, 4.69) is 53.3 Å². The van der Waals surface area contributed by atoms with E-state index in [9.17, 15) is 0 Å². The lowest BCUT2D eigenvalue weighted by Crippen LogP contribution is -2.40. The summed E-state index contributed by atoms with van der Waals surface area (Å²) in [5, 5.41) is 9.41. The first kappa shape index (κ1) is 13.8. The molecule has 1 aliphatic rings. The highest BCUT2D eigenvalue weighted by molar-refractivity contribution is 7.71. The Balaban J connectivity index is 2.11. The molecule has 0 amide bonds. The number of nitrogens with one attached hydrogen (secondary N) is 3. The number of hydrazone groups is 1. The van der Waals surface area contributed by atoms with E-state index in [4.69, 9.17) is 12.2 Å². The number of nitrogens with zero attached hydrogens (tertiary/aromatic N) is 3. The van der Waals surface area contributed by atoms with Crippen LogP contribution in [0, 0.1) is 18.5 Å². The maximum absolute atomic E-state index is 5.63. The van der Waals surface area contributed by atoms with Gasteiger partial charge in [0.05, 0.1) is 11.3 Å². The molecule has 0 atom stereocenters. The lowest BCUT2D eigenvalue weighted by atomic mass is 10.1. The fraction of sp³-hybridized carbons (Fsp3) is 0.286. The third kappa shape index (κ3) is 2.24. The summed E-state index contributed by atoms with van der Waals surface area (Å²) in [5.74, 6) is 0.795. The van der Waals surface area contributed by atoms with Crippen LogP contribution in [0.1, 0.15) is 23.6 Å². The summed E-state index contributed by atoms with van der Waals surface area (Å²) in [5.41, 5.74) is 10.1. The van der Waals surface area contributed by atoms with Gasteiger partial charge in [-0.1, -0.05) is 30.4 Å². The number of hydrazine groups is 2. The van der Waals surface area contributed by atoms with Crippen molar-refractivity contribution in [1.29, 1.82) is 0 Å². The Hall–Kier alpha value is -2.12.